The van der Waals surface area contributed by atoms with Gasteiger partial charge in [0.1, 0.15) is 5.25 Å². The molecule has 0 aliphatic heterocycles. The van der Waals surface area contributed by atoms with Crippen molar-refractivity contribution in [2.24, 2.45) is 0 Å². The van der Waals surface area contributed by atoms with E-state index < -0.39 is 32.7 Å². The highest BCUT2D eigenvalue weighted by Gasteiger charge is 2.32. The van der Waals surface area contributed by atoms with Crippen LogP contribution >= 0.6 is 0 Å². The van der Waals surface area contributed by atoms with E-state index in [1.807, 2.05) is 0 Å². The van der Waals surface area contributed by atoms with Crippen LogP contribution in [-0.2, 0) is 27.2 Å². The van der Waals surface area contributed by atoms with Crippen molar-refractivity contribution in [1.29, 1.82) is 0 Å². The molecule has 0 bridgehead atoms. The van der Waals surface area contributed by atoms with Crippen LogP contribution in [0.15, 0.2) is 24.3 Å². The minimum Gasteiger partial charge on any atom is -0.355 e. The topological polar surface area (TPSA) is 63.2 Å². The van der Waals surface area contributed by atoms with Gasteiger partial charge in [0, 0.05) is 12.8 Å². The quantitative estimate of drug-likeness (QED) is 0.899. The molecule has 0 fully saturated rings. The van der Waals surface area contributed by atoms with Crippen molar-refractivity contribution in [2.75, 3.05) is 12.8 Å². The van der Waals surface area contributed by atoms with Crippen LogP contribution in [-0.4, -0.2) is 32.4 Å². The molecule has 1 unspecified atom stereocenters. The first-order valence-corrected chi connectivity index (χ1v) is 8.10. The van der Waals surface area contributed by atoms with Crippen molar-refractivity contribution in [2.45, 2.75) is 24.8 Å². The van der Waals surface area contributed by atoms with Gasteiger partial charge < -0.3 is 5.32 Å². The first-order chi connectivity index (χ1) is 9.53. The fourth-order valence-electron chi connectivity index (χ4n) is 1.67. The Morgan fingerprint density at radius 1 is 1.29 bits per heavy atom. The van der Waals surface area contributed by atoms with E-state index in [-0.39, 0.29) is 18.5 Å². The molecule has 0 spiro atoms. The first-order valence-electron chi connectivity index (χ1n) is 6.15. The Hall–Kier alpha value is -1.57. The number of alkyl halides is 3. The number of carbonyl (C=O) groups is 1. The van der Waals surface area contributed by atoms with Gasteiger partial charge in [-0.05, 0) is 25.0 Å². The minimum atomic E-state index is -4.46. The number of hydrogen-bond donors (Lipinski definition) is 1. The Bertz CT molecular complexity index is 611. The molecular formula is C13H16F3NO3S. The molecule has 1 atom stereocenters. The van der Waals surface area contributed by atoms with Crippen molar-refractivity contribution >= 4 is 15.7 Å². The smallest absolute Gasteiger partial charge is 0.355 e. The number of benzene rings is 1. The van der Waals surface area contributed by atoms with E-state index >= 15 is 0 Å². The van der Waals surface area contributed by atoms with Crippen LogP contribution in [0.25, 0.3) is 0 Å². The highest BCUT2D eigenvalue weighted by molar-refractivity contribution is 7.92. The zero-order valence-electron chi connectivity index (χ0n) is 11.6. The summed E-state index contributed by atoms with van der Waals surface area (Å²) < 4.78 is 60.6. The molecule has 21 heavy (non-hydrogen) atoms. The fraction of sp³-hybridized carbons (Fsp3) is 0.462. The van der Waals surface area contributed by atoms with Crippen molar-refractivity contribution < 1.29 is 26.4 Å². The molecule has 118 valence electrons. The maximum absolute atomic E-state index is 12.8. The van der Waals surface area contributed by atoms with E-state index in [9.17, 15) is 26.4 Å². The van der Waals surface area contributed by atoms with Gasteiger partial charge in [0.25, 0.3) is 0 Å². The van der Waals surface area contributed by atoms with Crippen molar-refractivity contribution in [3.8, 4) is 0 Å². The van der Waals surface area contributed by atoms with Crippen molar-refractivity contribution in [3.05, 3.63) is 35.4 Å². The fourth-order valence-corrected chi connectivity index (χ4v) is 2.15. The lowest BCUT2D eigenvalue weighted by Gasteiger charge is -2.14. The average Bonchev–Trinajstić information content (AvgIpc) is 2.36. The van der Waals surface area contributed by atoms with E-state index in [1.165, 1.54) is 25.1 Å². The number of rotatable bonds is 5. The summed E-state index contributed by atoms with van der Waals surface area (Å²) in [6, 6.07) is 5.06. The molecule has 0 saturated heterocycles. The molecule has 0 radical (unpaired) electrons. The Morgan fingerprint density at radius 3 is 2.38 bits per heavy atom. The van der Waals surface area contributed by atoms with Crippen LogP contribution in [0.3, 0.4) is 0 Å². The summed E-state index contributed by atoms with van der Waals surface area (Å²) in [5.41, 5.74) is -0.701. The lowest BCUT2D eigenvalue weighted by molar-refractivity contribution is -0.138. The van der Waals surface area contributed by atoms with E-state index in [0.717, 1.165) is 12.3 Å². The molecule has 1 rings (SSSR count). The second-order valence-electron chi connectivity index (χ2n) is 4.67. The molecular weight excluding hydrogens is 307 g/mol. The van der Waals surface area contributed by atoms with Gasteiger partial charge >= 0.3 is 6.18 Å². The number of amides is 1. The van der Waals surface area contributed by atoms with Gasteiger partial charge in [-0.15, -0.1) is 0 Å². The third-order valence-corrected chi connectivity index (χ3v) is 4.53. The van der Waals surface area contributed by atoms with E-state index in [0.29, 0.717) is 0 Å². The molecule has 1 aromatic carbocycles. The van der Waals surface area contributed by atoms with Gasteiger partial charge in [-0.2, -0.15) is 13.2 Å². The average molecular weight is 323 g/mol. The summed E-state index contributed by atoms with van der Waals surface area (Å²) in [4.78, 5) is 11.5. The summed E-state index contributed by atoms with van der Waals surface area (Å²) in [7, 11) is -3.52. The van der Waals surface area contributed by atoms with Gasteiger partial charge in [-0.3, -0.25) is 4.79 Å². The second kappa shape index (κ2) is 6.46. The molecule has 1 N–H and O–H groups in total. The highest BCUT2D eigenvalue weighted by atomic mass is 32.2. The monoisotopic (exact) mass is 323 g/mol. The Labute approximate surface area is 121 Å². The van der Waals surface area contributed by atoms with Gasteiger partial charge in [-0.1, -0.05) is 18.2 Å². The maximum Gasteiger partial charge on any atom is 0.416 e. The zero-order chi connectivity index (χ0) is 16.3. The van der Waals surface area contributed by atoms with Crippen LogP contribution < -0.4 is 5.32 Å². The van der Waals surface area contributed by atoms with E-state index in [2.05, 4.69) is 5.32 Å². The van der Waals surface area contributed by atoms with E-state index in [4.69, 9.17) is 0 Å². The third-order valence-electron chi connectivity index (χ3n) is 3.03. The lowest BCUT2D eigenvalue weighted by atomic mass is 10.0. The molecule has 1 aromatic rings. The Morgan fingerprint density at radius 2 is 1.86 bits per heavy atom. The summed E-state index contributed by atoms with van der Waals surface area (Å²) in [6.45, 7) is 1.17. The second-order valence-corrected chi connectivity index (χ2v) is 7.03. The summed E-state index contributed by atoms with van der Waals surface area (Å²) in [5.74, 6) is -0.720. The number of halogens is 3. The molecule has 0 aliphatic carbocycles. The summed E-state index contributed by atoms with van der Waals surface area (Å²) in [6.07, 6.45) is -3.56. The third kappa shape index (κ3) is 5.04. The molecule has 0 heterocycles. The number of sulfone groups is 1. The summed E-state index contributed by atoms with van der Waals surface area (Å²) in [5, 5.41) is 1.10. The molecule has 1 amide bonds. The van der Waals surface area contributed by atoms with Gasteiger partial charge in [0.05, 0.1) is 5.56 Å². The number of hydrogen-bond acceptors (Lipinski definition) is 3. The van der Waals surface area contributed by atoms with Gasteiger partial charge in [0.2, 0.25) is 5.91 Å². The largest absolute Gasteiger partial charge is 0.416 e. The normalized spacial score (nSPS) is 13.8. The Balaban J connectivity index is 2.68. The van der Waals surface area contributed by atoms with Crippen LogP contribution in [0.1, 0.15) is 18.1 Å². The molecule has 0 aliphatic rings. The standard InChI is InChI=1S/C13H16F3NO3S/c1-9(21(2,19)20)12(18)17-8-7-10-5-3-4-6-11(10)13(14,15)16/h3-6,9H,7-8H2,1-2H3,(H,17,18). The molecule has 8 heteroatoms. The highest BCUT2D eigenvalue weighted by Crippen LogP contribution is 2.31. The van der Waals surface area contributed by atoms with Crippen LogP contribution in [0, 0.1) is 0 Å². The maximum atomic E-state index is 12.8. The zero-order valence-corrected chi connectivity index (χ0v) is 12.4. The molecule has 0 saturated carbocycles. The van der Waals surface area contributed by atoms with Crippen LogP contribution in [0.5, 0.6) is 0 Å². The number of nitrogens with one attached hydrogen (secondary N) is 1. The van der Waals surface area contributed by atoms with Crippen LogP contribution in [0.4, 0.5) is 13.2 Å². The Kier molecular flexibility index (Phi) is 5.38. The predicted octanol–water partition coefficient (Wildman–Crippen LogP) is 1.80. The molecule has 0 aromatic heterocycles. The molecule has 4 nitrogen and oxygen atoms in total. The van der Waals surface area contributed by atoms with Gasteiger partial charge in [-0.25, -0.2) is 8.42 Å². The minimum absolute atomic E-state index is 0.0299. The number of carbonyl (C=O) groups excluding carboxylic acids is 1. The lowest BCUT2D eigenvalue weighted by Crippen LogP contribution is -2.38. The van der Waals surface area contributed by atoms with Crippen molar-refractivity contribution in [1.82, 2.24) is 5.32 Å². The SMILES string of the molecule is CC(C(=O)NCCc1ccccc1C(F)(F)F)S(C)(=O)=O. The van der Waals surface area contributed by atoms with Crippen molar-refractivity contribution in [3.63, 3.8) is 0 Å². The van der Waals surface area contributed by atoms with Gasteiger partial charge in [0.15, 0.2) is 9.84 Å². The van der Waals surface area contributed by atoms with Crippen LogP contribution in [0.2, 0.25) is 0 Å². The van der Waals surface area contributed by atoms with E-state index in [1.54, 1.807) is 0 Å². The summed E-state index contributed by atoms with van der Waals surface area (Å²) >= 11 is 0. The predicted molar refractivity (Wildman–Crippen MR) is 72.5 cm³/mol. The first kappa shape index (κ1) is 17.5.